The van der Waals surface area contributed by atoms with E-state index >= 15 is 0 Å². The maximum absolute atomic E-state index is 6.46. The monoisotopic (exact) mass is 634 g/mol. The first kappa shape index (κ1) is 27.2. The lowest BCUT2D eigenvalue weighted by Gasteiger charge is -2.13. The van der Waals surface area contributed by atoms with E-state index in [0.717, 1.165) is 44.3 Å². The first-order chi connectivity index (χ1) is 23.8. The van der Waals surface area contributed by atoms with E-state index in [2.05, 4.69) is 138 Å². The summed E-state index contributed by atoms with van der Waals surface area (Å²) in [6.45, 7) is 0. The lowest BCUT2D eigenvalue weighted by atomic mass is 9.92. The zero-order chi connectivity index (χ0) is 31.6. The van der Waals surface area contributed by atoms with E-state index in [4.69, 9.17) is 19.7 Å². The number of aromatic nitrogens is 3. The quantitative estimate of drug-likeness (QED) is 0.193. The maximum atomic E-state index is 6.46. The molecule has 2 atom stereocenters. The van der Waals surface area contributed by atoms with Crippen LogP contribution in [0.4, 0.5) is 0 Å². The summed E-state index contributed by atoms with van der Waals surface area (Å²) in [6, 6.07) is 44.5. The number of fused-ring (bicyclic) bond motifs is 7. The van der Waals surface area contributed by atoms with Crippen LogP contribution in [0.25, 0.3) is 76.2 Å². The van der Waals surface area contributed by atoms with Gasteiger partial charge in [-0.2, -0.15) is 0 Å². The number of para-hydroxylation sites is 1. The van der Waals surface area contributed by atoms with Gasteiger partial charge < -0.3 is 4.74 Å². The molecule has 10 rings (SSSR count). The van der Waals surface area contributed by atoms with E-state index in [1.165, 1.54) is 25.7 Å². The first-order valence-corrected chi connectivity index (χ1v) is 16.9. The molecule has 0 saturated carbocycles. The lowest BCUT2D eigenvalue weighted by molar-refractivity contribution is 0.293. The minimum absolute atomic E-state index is 0.0837. The number of benzene rings is 6. The minimum Gasteiger partial charge on any atom is -0.483 e. The molecule has 0 amide bonds. The maximum Gasteiger partial charge on any atom is 0.164 e. The molecule has 2 aliphatic rings. The predicted molar refractivity (Wildman–Crippen MR) is 197 cm³/mol. The van der Waals surface area contributed by atoms with Crippen molar-refractivity contribution in [1.29, 1.82) is 0 Å². The molecule has 8 aromatic rings. The molecule has 6 heteroatoms. The van der Waals surface area contributed by atoms with E-state index in [1.54, 1.807) is 11.3 Å². The molecule has 48 heavy (non-hydrogen) atoms. The third kappa shape index (κ3) is 4.30. The van der Waals surface area contributed by atoms with Gasteiger partial charge in [0.05, 0.1) is 0 Å². The van der Waals surface area contributed by atoms with E-state index < -0.39 is 0 Å². The van der Waals surface area contributed by atoms with Gasteiger partial charge in [0.15, 0.2) is 17.5 Å². The van der Waals surface area contributed by atoms with Gasteiger partial charge in [0.25, 0.3) is 0 Å². The number of hydrogen-bond acceptors (Lipinski definition) is 6. The van der Waals surface area contributed by atoms with E-state index in [9.17, 15) is 0 Å². The molecule has 0 saturated heterocycles. The third-order valence-electron chi connectivity index (χ3n) is 9.37. The number of hydrogen-bond donors (Lipinski definition) is 0. The molecule has 0 fully saturated rings. The second-order valence-corrected chi connectivity index (χ2v) is 13.2. The SMILES string of the molecule is C1=CC2c3cccc(-c4cccc(-c5nc(-c6cccc7ccccc67)nc(-c6cccc7sc8ccccc8c67)n5)c4)c3OC2C=N1. The standard InChI is InChI=1S/C42H26N4OS/c1-2-13-28-25(9-1)10-6-17-32(28)41-44-40(45-42(46-41)34-18-8-20-37-38(34)33-14-3-4-19-36(33)48-37)27-12-5-11-26(23-27)29-15-7-16-31-30-21-22-43-24-35(30)47-39(29)31/h1-24,30,35H. The number of rotatable bonds is 4. The Morgan fingerprint density at radius 2 is 1.25 bits per heavy atom. The molecule has 226 valence electrons. The Balaban J connectivity index is 1.18. The fourth-order valence-electron chi connectivity index (χ4n) is 7.13. The fourth-order valence-corrected chi connectivity index (χ4v) is 8.26. The summed E-state index contributed by atoms with van der Waals surface area (Å²) in [5.74, 6) is 3.00. The van der Waals surface area contributed by atoms with Crippen molar-refractivity contribution in [1.82, 2.24) is 15.0 Å². The van der Waals surface area contributed by atoms with Crippen LogP contribution in [-0.2, 0) is 0 Å². The van der Waals surface area contributed by atoms with Gasteiger partial charge in [-0.15, -0.1) is 11.3 Å². The molecular weight excluding hydrogens is 609 g/mol. The molecule has 6 aromatic carbocycles. The highest BCUT2D eigenvalue weighted by Crippen LogP contribution is 2.46. The highest BCUT2D eigenvalue weighted by molar-refractivity contribution is 7.25. The number of thiophene rings is 1. The second-order valence-electron chi connectivity index (χ2n) is 12.2. The zero-order valence-corrected chi connectivity index (χ0v) is 26.4. The van der Waals surface area contributed by atoms with Crippen LogP contribution in [0.1, 0.15) is 11.5 Å². The molecule has 0 radical (unpaired) electrons. The second kappa shape index (κ2) is 10.8. The molecule has 0 aliphatic carbocycles. The normalized spacial score (nSPS) is 16.3. The fraction of sp³-hybridized carbons (Fsp3) is 0.0476. The van der Waals surface area contributed by atoms with Crippen LogP contribution in [0.2, 0.25) is 0 Å². The molecule has 5 nitrogen and oxygen atoms in total. The molecule has 0 spiro atoms. The summed E-state index contributed by atoms with van der Waals surface area (Å²) in [7, 11) is 0. The summed E-state index contributed by atoms with van der Waals surface area (Å²) < 4.78 is 8.92. The minimum atomic E-state index is -0.0837. The van der Waals surface area contributed by atoms with Gasteiger partial charge in [-0.1, -0.05) is 115 Å². The highest BCUT2D eigenvalue weighted by atomic mass is 32.1. The van der Waals surface area contributed by atoms with Gasteiger partial charge in [-0.25, -0.2) is 15.0 Å². The molecule has 2 aliphatic heterocycles. The third-order valence-corrected chi connectivity index (χ3v) is 10.5. The molecule has 0 bridgehead atoms. The van der Waals surface area contributed by atoms with Crippen molar-refractivity contribution < 1.29 is 4.74 Å². The Morgan fingerprint density at radius 1 is 0.562 bits per heavy atom. The highest BCUT2D eigenvalue weighted by Gasteiger charge is 2.34. The van der Waals surface area contributed by atoms with Gasteiger partial charge in [0, 0.05) is 66.3 Å². The van der Waals surface area contributed by atoms with Gasteiger partial charge in [0.2, 0.25) is 0 Å². The van der Waals surface area contributed by atoms with E-state index in [1.807, 2.05) is 12.4 Å². The van der Waals surface area contributed by atoms with Gasteiger partial charge in [-0.3, -0.25) is 4.99 Å². The summed E-state index contributed by atoms with van der Waals surface area (Å²) in [5, 5.41) is 4.63. The van der Waals surface area contributed by atoms with Crippen LogP contribution < -0.4 is 4.74 Å². The molecule has 2 unspecified atom stereocenters. The van der Waals surface area contributed by atoms with Crippen LogP contribution in [0.3, 0.4) is 0 Å². The smallest absolute Gasteiger partial charge is 0.164 e. The summed E-state index contributed by atoms with van der Waals surface area (Å²) in [5.41, 5.74) is 6.16. The van der Waals surface area contributed by atoms with Crippen molar-refractivity contribution in [2.24, 2.45) is 4.99 Å². The van der Waals surface area contributed by atoms with Crippen molar-refractivity contribution in [3.63, 3.8) is 0 Å². The van der Waals surface area contributed by atoms with Crippen LogP contribution in [0, 0.1) is 0 Å². The van der Waals surface area contributed by atoms with Crippen molar-refractivity contribution in [3.8, 4) is 51.0 Å². The lowest BCUT2D eigenvalue weighted by Crippen LogP contribution is -2.20. The summed E-state index contributed by atoms with van der Waals surface area (Å²) in [4.78, 5) is 19.9. The van der Waals surface area contributed by atoms with Crippen molar-refractivity contribution in [2.75, 3.05) is 0 Å². The Bertz CT molecular complexity index is 2630. The number of nitrogens with zero attached hydrogens (tertiary/aromatic N) is 4. The summed E-state index contributed by atoms with van der Waals surface area (Å²) in [6.07, 6.45) is 5.79. The van der Waals surface area contributed by atoms with E-state index in [0.29, 0.717) is 17.5 Å². The molecule has 2 aromatic heterocycles. The van der Waals surface area contributed by atoms with Crippen molar-refractivity contribution >= 4 is 48.5 Å². The van der Waals surface area contributed by atoms with Crippen LogP contribution in [-0.4, -0.2) is 27.3 Å². The Hall–Kier alpha value is -5.98. The molecular formula is C42H26N4OS. The average molecular weight is 635 g/mol. The van der Waals surface area contributed by atoms with Crippen LogP contribution in [0.15, 0.2) is 145 Å². The average Bonchev–Trinajstić information content (AvgIpc) is 3.73. The Labute approximate surface area is 280 Å². The van der Waals surface area contributed by atoms with Gasteiger partial charge >= 0.3 is 0 Å². The summed E-state index contributed by atoms with van der Waals surface area (Å²) >= 11 is 1.79. The Kier molecular flexibility index (Phi) is 6.11. The number of ether oxygens (including phenoxy) is 1. The van der Waals surface area contributed by atoms with E-state index in [-0.39, 0.29) is 12.0 Å². The predicted octanol–water partition coefficient (Wildman–Crippen LogP) is 10.5. The first-order valence-electron chi connectivity index (χ1n) is 16.0. The molecule has 0 N–H and O–H groups in total. The zero-order valence-electron chi connectivity index (χ0n) is 25.6. The van der Waals surface area contributed by atoms with Gasteiger partial charge in [-0.05, 0) is 34.5 Å². The van der Waals surface area contributed by atoms with Gasteiger partial charge in [0.1, 0.15) is 11.9 Å². The van der Waals surface area contributed by atoms with Crippen LogP contribution in [0.5, 0.6) is 5.75 Å². The Morgan fingerprint density at radius 3 is 2.21 bits per heavy atom. The van der Waals surface area contributed by atoms with Crippen LogP contribution >= 0.6 is 11.3 Å². The largest absolute Gasteiger partial charge is 0.483 e. The van der Waals surface area contributed by atoms with Crippen molar-refractivity contribution in [2.45, 2.75) is 12.0 Å². The topological polar surface area (TPSA) is 60.3 Å². The van der Waals surface area contributed by atoms with Crippen molar-refractivity contribution in [3.05, 3.63) is 145 Å². The molecule has 4 heterocycles. The number of aliphatic imine (C=N–C) groups is 1.